The molecule has 0 bridgehead atoms. The third-order valence-electron chi connectivity index (χ3n) is 8.50. The van der Waals surface area contributed by atoms with Crippen LogP contribution in [0.3, 0.4) is 0 Å². The summed E-state index contributed by atoms with van der Waals surface area (Å²) in [6.07, 6.45) is -3.49. The summed E-state index contributed by atoms with van der Waals surface area (Å²) < 4.78 is 32.3. The molecule has 1 aliphatic rings. The highest BCUT2D eigenvalue weighted by Crippen LogP contribution is 2.39. The lowest BCUT2D eigenvalue weighted by Gasteiger charge is -2.25. The first-order valence-corrected chi connectivity index (χ1v) is 17.1. The second-order valence-corrected chi connectivity index (χ2v) is 12.3. The standard InChI is InChI=1S/C41H34N4O9/c1-26(46)43-33-22-31(50-23-27-14-6-2-7-15-27)34-37(44-33)42-25-45(34)38-36(54-41(49)30-20-12-5-13-21-30)35(53-40(48)29-18-10-4-11-19-29)32(52-38)24-51-39(47)28-16-8-3-9-17-28/h2-22,25,32,35-36,38H,23-24H2,1H3,(H,43,44,46)/t32-,35-,36-,38-/m1/s1. The summed E-state index contributed by atoms with van der Waals surface area (Å²) in [4.78, 5) is 61.4. The summed E-state index contributed by atoms with van der Waals surface area (Å²) >= 11 is 0. The molecule has 13 heteroatoms. The van der Waals surface area contributed by atoms with Crippen LogP contribution in [0.4, 0.5) is 5.82 Å². The second kappa shape index (κ2) is 16.2. The predicted molar refractivity (Wildman–Crippen MR) is 195 cm³/mol. The Morgan fingerprint density at radius 3 is 1.83 bits per heavy atom. The molecule has 272 valence electrons. The van der Waals surface area contributed by atoms with Crippen LogP contribution in [-0.2, 0) is 30.3 Å². The van der Waals surface area contributed by atoms with E-state index in [1.807, 2.05) is 30.3 Å². The van der Waals surface area contributed by atoms with Crippen molar-refractivity contribution in [3.05, 3.63) is 156 Å². The molecular weight excluding hydrogens is 692 g/mol. The Morgan fingerprint density at radius 1 is 0.722 bits per heavy atom. The first-order valence-electron chi connectivity index (χ1n) is 17.1. The van der Waals surface area contributed by atoms with E-state index in [9.17, 15) is 19.2 Å². The molecule has 2 aromatic heterocycles. The number of rotatable bonds is 12. The van der Waals surface area contributed by atoms with Crippen molar-refractivity contribution in [3.8, 4) is 5.75 Å². The molecule has 1 N–H and O–H groups in total. The number of hydrogen-bond acceptors (Lipinski definition) is 11. The van der Waals surface area contributed by atoms with Gasteiger partial charge in [0.25, 0.3) is 0 Å². The number of amides is 1. The molecule has 0 saturated carbocycles. The molecule has 0 unspecified atom stereocenters. The maximum atomic E-state index is 13.7. The lowest BCUT2D eigenvalue weighted by atomic mass is 10.1. The Kier molecular flexibility index (Phi) is 10.7. The van der Waals surface area contributed by atoms with Gasteiger partial charge in [-0.05, 0) is 42.0 Å². The van der Waals surface area contributed by atoms with Gasteiger partial charge >= 0.3 is 17.9 Å². The van der Waals surface area contributed by atoms with E-state index in [1.54, 1.807) is 102 Å². The summed E-state index contributed by atoms with van der Waals surface area (Å²) in [5.41, 5.74) is 2.17. The lowest BCUT2D eigenvalue weighted by molar-refractivity contribution is -0.114. The van der Waals surface area contributed by atoms with Gasteiger partial charge in [-0.25, -0.2) is 24.4 Å². The average Bonchev–Trinajstić information content (AvgIpc) is 3.77. The Hall–Kier alpha value is -6.86. The zero-order valence-corrected chi connectivity index (χ0v) is 28.9. The minimum Gasteiger partial charge on any atom is -0.486 e. The van der Waals surface area contributed by atoms with Gasteiger partial charge in [-0.3, -0.25) is 9.36 Å². The summed E-state index contributed by atoms with van der Waals surface area (Å²) in [5, 5.41) is 2.67. The highest BCUT2D eigenvalue weighted by Gasteiger charge is 2.52. The number of hydrogen-bond donors (Lipinski definition) is 1. The molecule has 0 radical (unpaired) electrons. The lowest BCUT2D eigenvalue weighted by Crippen LogP contribution is -2.41. The van der Waals surface area contributed by atoms with E-state index in [2.05, 4.69) is 15.3 Å². The maximum absolute atomic E-state index is 13.7. The number of benzene rings is 4. The highest BCUT2D eigenvalue weighted by molar-refractivity contribution is 5.92. The second-order valence-electron chi connectivity index (χ2n) is 12.3. The molecule has 1 amide bonds. The van der Waals surface area contributed by atoms with Crippen molar-refractivity contribution in [2.45, 2.75) is 38.1 Å². The van der Waals surface area contributed by atoms with Crippen molar-refractivity contribution in [1.29, 1.82) is 0 Å². The van der Waals surface area contributed by atoms with E-state index in [0.29, 0.717) is 11.1 Å². The number of nitrogens with one attached hydrogen (secondary N) is 1. The monoisotopic (exact) mass is 726 g/mol. The van der Waals surface area contributed by atoms with Crippen LogP contribution < -0.4 is 10.1 Å². The number of carbonyl (C=O) groups excluding carboxylic acids is 4. The molecule has 6 aromatic rings. The number of ether oxygens (including phenoxy) is 5. The Labute approximate surface area is 309 Å². The van der Waals surface area contributed by atoms with Crippen LogP contribution in [-0.4, -0.2) is 63.3 Å². The molecular formula is C41H34N4O9. The van der Waals surface area contributed by atoms with E-state index < -0.39 is 42.4 Å². The summed E-state index contributed by atoms with van der Waals surface area (Å²) in [7, 11) is 0. The van der Waals surface area contributed by atoms with Crippen molar-refractivity contribution in [2.24, 2.45) is 0 Å². The Morgan fingerprint density at radius 2 is 1.26 bits per heavy atom. The number of esters is 3. The molecule has 4 atom stereocenters. The maximum Gasteiger partial charge on any atom is 0.338 e. The molecule has 0 spiro atoms. The van der Waals surface area contributed by atoms with Crippen LogP contribution in [0.1, 0.15) is 49.8 Å². The topological polar surface area (TPSA) is 157 Å². The van der Waals surface area contributed by atoms with Crippen molar-refractivity contribution < 1.29 is 42.9 Å². The summed E-state index contributed by atoms with van der Waals surface area (Å²) in [6.45, 7) is 1.14. The SMILES string of the molecule is CC(=O)Nc1cc(OCc2ccccc2)c2c(ncn2[C@@H]2O[C@H](COC(=O)c3ccccc3)[C@@H](OC(=O)c3ccccc3)[C@H]2OC(=O)c2ccccc2)n1. The summed E-state index contributed by atoms with van der Waals surface area (Å²) in [6, 6.07) is 36.0. The van der Waals surface area contributed by atoms with Crippen LogP contribution >= 0.6 is 0 Å². The molecule has 1 saturated heterocycles. The van der Waals surface area contributed by atoms with Crippen molar-refractivity contribution in [1.82, 2.24) is 14.5 Å². The number of carbonyl (C=O) groups is 4. The van der Waals surface area contributed by atoms with Crippen LogP contribution in [0.15, 0.2) is 134 Å². The van der Waals surface area contributed by atoms with E-state index in [-0.39, 0.29) is 47.5 Å². The number of imidazole rings is 1. The minimum absolute atomic E-state index is 0.151. The van der Waals surface area contributed by atoms with Gasteiger partial charge in [0.15, 0.2) is 29.8 Å². The van der Waals surface area contributed by atoms with Gasteiger partial charge in [-0.2, -0.15) is 0 Å². The predicted octanol–water partition coefficient (Wildman–Crippen LogP) is 6.17. The number of nitrogens with zero attached hydrogens (tertiary/aromatic N) is 3. The average molecular weight is 727 g/mol. The molecule has 0 aliphatic carbocycles. The van der Waals surface area contributed by atoms with Crippen molar-refractivity contribution in [2.75, 3.05) is 11.9 Å². The van der Waals surface area contributed by atoms with Gasteiger partial charge < -0.3 is 29.0 Å². The highest BCUT2D eigenvalue weighted by atomic mass is 16.7. The van der Waals surface area contributed by atoms with E-state index >= 15 is 0 Å². The number of aromatic nitrogens is 3. The van der Waals surface area contributed by atoms with Gasteiger partial charge in [0.2, 0.25) is 5.91 Å². The minimum atomic E-state index is -1.31. The Bertz CT molecular complexity index is 2250. The molecule has 7 rings (SSSR count). The fraction of sp³-hybridized carbons (Fsp3) is 0.171. The van der Waals surface area contributed by atoms with Gasteiger partial charge in [0, 0.05) is 13.0 Å². The quantitative estimate of drug-likeness (QED) is 0.114. The van der Waals surface area contributed by atoms with Crippen LogP contribution in [0.5, 0.6) is 5.75 Å². The largest absolute Gasteiger partial charge is 0.486 e. The molecule has 3 heterocycles. The number of anilines is 1. The first kappa shape index (κ1) is 35.5. The van der Waals surface area contributed by atoms with E-state index in [4.69, 9.17) is 23.7 Å². The number of fused-ring (bicyclic) bond motifs is 1. The summed E-state index contributed by atoms with van der Waals surface area (Å²) in [5.74, 6) is -1.94. The Balaban J connectivity index is 1.30. The molecule has 54 heavy (non-hydrogen) atoms. The fourth-order valence-corrected chi connectivity index (χ4v) is 5.97. The van der Waals surface area contributed by atoms with Crippen LogP contribution in [0.25, 0.3) is 11.2 Å². The van der Waals surface area contributed by atoms with Gasteiger partial charge in [-0.1, -0.05) is 84.9 Å². The van der Waals surface area contributed by atoms with Crippen molar-refractivity contribution >= 4 is 40.8 Å². The van der Waals surface area contributed by atoms with E-state index in [1.165, 1.54) is 13.3 Å². The third kappa shape index (κ3) is 8.11. The van der Waals surface area contributed by atoms with Crippen molar-refractivity contribution in [3.63, 3.8) is 0 Å². The number of pyridine rings is 1. The molecule has 1 fully saturated rings. The normalized spacial score (nSPS) is 17.7. The molecule has 13 nitrogen and oxygen atoms in total. The van der Waals surface area contributed by atoms with Gasteiger partial charge in [0.1, 0.15) is 37.0 Å². The molecule has 1 aliphatic heterocycles. The van der Waals surface area contributed by atoms with Crippen LogP contribution in [0.2, 0.25) is 0 Å². The van der Waals surface area contributed by atoms with Gasteiger partial charge in [-0.15, -0.1) is 0 Å². The fourth-order valence-electron chi connectivity index (χ4n) is 5.97. The zero-order chi connectivity index (χ0) is 37.4. The van der Waals surface area contributed by atoms with Crippen LogP contribution in [0, 0.1) is 0 Å². The third-order valence-corrected chi connectivity index (χ3v) is 8.50. The van der Waals surface area contributed by atoms with Gasteiger partial charge in [0.05, 0.1) is 16.7 Å². The first-order chi connectivity index (χ1) is 26.3. The molecule has 4 aromatic carbocycles. The van der Waals surface area contributed by atoms with E-state index in [0.717, 1.165) is 5.56 Å². The smallest absolute Gasteiger partial charge is 0.338 e. The zero-order valence-electron chi connectivity index (χ0n) is 28.9.